The molecule has 10 heteroatoms. The quantitative estimate of drug-likeness (QED) is 0.319. The number of aromatic nitrogens is 2. The van der Waals surface area contributed by atoms with Crippen molar-refractivity contribution in [2.24, 2.45) is 0 Å². The van der Waals surface area contributed by atoms with E-state index in [2.05, 4.69) is 27.8 Å². The molecule has 0 fully saturated rings. The van der Waals surface area contributed by atoms with Gasteiger partial charge in [0.05, 0.1) is 12.2 Å². The molecule has 3 heterocycles. The van der Waals surface area contributed by atoms with Gasteiger partial charge in [-0.05, 0) is 68.8 Å². The van der Waals surface area contributed by atoms with Crippen LogP contribution in [0.3, 0.4) is 0 Å². The second kappa shape index (κ2) is 14.4. The Kier molecular flexibility index (Phi) is 11.0. The van der Waals surface area contributed by atoms with E-state index < -0.39 is 24.1 Å². The Balaban J connectivity index is 1.51. The summed E-state index contributed by atoms with van der Waals surface area (Å²) in [5.41, 5.74) is 2.57. The Morgan fingerprint density at radius 1 is 1.28 bits per heavy atom. The number of carboxylic acid groups (broad SMARTS) is 1. The van der Waals surface area contributed by atoms with Gasteiger partial charge in [0.25, 0.3) is 5.91 Å². The van der Waals surface area contributed by atoms with Crippen LogP contribution < -0.4 is 10.6 Å². The number of carbonyl (C=O) groups is 2. The minimum Gasteiger partial charge on any atom is -0.480 e. The zero-order valence-corrected chi connectivity index (χ0v) is 20.8. The molecule has 9 nitrogen and oxygen atoms in total. The third kappa shape index (κ3) is 8.83. The van der Waals surface area contributed by atoms with Crippen molar-refractivity contribution < 1.29 is 23.8 Å². The zero-order chi connectivity index (χ0) is 25.8. The summed E-state index contributed by atoms with van der Waals surface area (Å²) in [7, 11) is 1.45. The highest BCUT2D eigenvalue weighted by Gasteiger charge is 2.23. The molecule has 196 valence electrons. The van der Waals surface area contributed by atoms with Gasteiger partial charge in [-0.2, -0.15) is 0 Å². The number of carboxylic acids is 1. The number of methoxy groups -OCH3 is 1. The average Bonchev–Trinajstić information content (AvgIpc) is 2.89. The SMILES string of the molecule is COC[C@@H](F)CN(CCCCc1ccc2c(n1)NCCC2)CC[C@H](NC(=O)c1cccnc1)C(=O)O. The van der Waals surface area contributed by atoms with E-state index in [9.17, 15) is 19.1 Å². The van der Waals surface area contributed by atoms with Gasteiger partial charge in [0.15, 0.2) is 0 Å². The van der Waals surface area contributed by atoms with Gasteiger partial charge >= 0.3 is 5.97 Å². The smallest absolute Gasteiger partial charge is 0.326 e. The van der Waals surface area contributed by atoms with E-state index in [-0.39, 0.29) is 25.1 Å². The average molecular weight is 502 g/mol. The molecule has 1 aliphatic heterocycles. The highest BCUT2D eigenvalue weighted by Crippen LogP contribution is 2.20. The van der Waals surface area contributed by atoms with Crippen molar-refractivity contribution in [1.29, 1.82) is 0 Å². The molecule has 3 N–H and O–H groups in total. The van der Waals surface area contributed by atoms with Gasteiger partial charge in [-0.15, -0.1) is 0 Å². The molecule has 0 aliphatic carbocycles. The number of hydrogen-bond donors (Lipinski definition) is 3. The fraction of sp³-hybridized carbons (Fsp3) is 0.538. The van der Waals surface area contributed by atoms with Crippen molar-refractivity contribution >= 4 is 17.7 Å². The molecule has 1 amide bonds. The van der Waals surface area contributed by atoms with Gasteiger partial charge in [0, 0.05) is 44.8 Å². The molecule has 3 rings (SSSR count). The highest BCUT2D eigenvalue weighted by atomic mass is 19.1. The fourth-order valence-electron chi connectivity index (χ4n) is 4.27. The highest BCUT2D eigenvalue weighted by molar-refractivity contribution is 5.96. The van der Waals surface area contributed by atoms with Gasteiger partial charge in [-0.3, -0.25) is 9.78 Å². The lowest BCUT2D eigenvalue weighted by Gasteiger charge is -2.25. The summed E-state index contributed by atoms with van der Waals surface area (Å²) < 4.78 is 19.3. The molecular weight excluding hydrogens is 465 g/mol. The molecule has 1 aliphatic rings. The fourth-order valence-corrected chi connectivity index (χ4v) is 4.27. The third-order valence-corrected chi connectivity index (χ3v) is 6.17. The topological polar surface area (TPSA) is 117 Å². The van der Waals surface area contributed by atoms with Crippen molar-refractivity contribution in [3.05, 3.63) is 53.5 Å². The molecule has 2 atom stereocenters. The number of ether oxygens (including phenoxy) is 1. The van der Waals surface area contributed by atoms with Crippen molar-refractivity contribution in [2.75, 3.05) is 45.2 Å². The molecule has 0 spiro atoms. The standard InChI is InChI=1S/C26H36FN5O4/c1-36-18-21(27)17-32(14-3-2-8-22-10-9-19-6-5-13-29-24(19)30-22)15-11-23(26(34)35)31-25(33)20-7-4-12-28-16-20/h4,7,9-10,12,16,21,23H,2-3,5-6,8,11,13-15,17-18H2,1H3,(H,29,30)(H,31,33)(H,34,35)/t21-,23-/m0/s1. The van der Waals surface area contributed by atoms with Crippen LogP contribution in [0.2, 0.25) is 0 Å². The van der Waals surface area contributed by atoms with Crippen LogP contribution in [0.5, 0.6) is 0 Å². The Morgan fingerprint density at radius 2 is 2.14 bits per heavy atom. The van der Waals surface area contributed by atoms with Gasteiger partial charge in [-0.1, -0.05) is 6.07 Å². The Morgan fingerprint density at radius 3 is 2.89 bits per heavy atom. The maximum absolute atomic E-state index is 14.3. The van der Waals surface area contributed by atoms with E-state index in [1.165, 1.54) is 25.1 Å². The predicted molar refractivity (Wildman–Crippen MR) is 135 cm³/mol. The second-order valence-electron chi connectivity index (χ2n) is 9.05. The number of halogens is 1. The number of nitrogens with one attached hydrogen (secondary N) is 2. The molecule has 0 bridgehead atoms. The predicted octanol–water partition coefficient (Wildman–Crippen LogP) is 2.72. The van der Waals surface area contributed by atoms with E-state index in [1.54, 1.807) is 12.1 Å². The monoisotopic (exact) mass is 501 g/mol. The number of aliphatic carboxylic acids is 1. The minimum absolute atomic E-state index is 0.0252. The number of carbonyl (C=O) groups excluding carboxylic acids is 1. The number of pyridine rings is 2. The summed E-state index contributed by atoms with van der Waals surface area (Å²) in [4.78, 5) is 34.7. The van der Waals surface area contributed by atoms with E-state index in [4.69, 9.17) is 9.72 Å². The Hall–Kier alpha value is -3.11. The van der Waals surface area contributed by atoms with E-state index >= 15 is 0 Å². The van der Waals surface area contributed by atoms with Crippen LogP contribution in [0, 0.1) is 0 Å². The molecule has 0 aromatic carbocycles. The lowest BCUT2D eigenvalue weighted by Crippen LogP contribution is -2.44. The van der Waals surface area contributed by atoms with E-state index in [0.717, 1.165) is 50.2 Å². The van der Waals surface area contributed by atoms with Crippen LogP contribution in [0.1, 0.15) is 47.3 Å². The van der Waals surface area contributed by atoms with Crippen molar-refractivity contribution in [2.45, 2.75) is 50.7 Å². The van der Waals surface area contributed by atoms with Crippen molar-refractivity contribution in [3.63, 3.8) is 0 Å². The lowest BCUT2D eigenvalue weighted by molar-refractivity contribution is -0.139. The van der Waals surface area contributed by atoms with Gasteiger partial charge in [0.1, 0.15) is 18.0 Å². The molecule has 2 aromatic rings. The first kappa shape index (κ1) is 27.5. The molecular formula is C26H36FN5O4. The Bertz CT molecular complexity index is 978. The van der Waals surface area contributed by atoms with Crippen LogP contribution in [0.4, 0.5) is 10.2 Å². The summed E-state index contributed by atoms with van der Waals surface area (Å²) in [5.74, 6) is -0.655. The first-order valence-electron chi connectivity index (χ1n) is 12.5. The van der Waals surface area contributed by atoms with Gasteiger partial charge < -0.3 is 25.4 Å². The normalized spacial score (nSPS) is 14.5. The summed E-state index contributed by atoms with van der Waals surface area (Å²) in [5, 5.41) is 15.5. The first-order chi connectivity index (χ1) is 17.5. The number of hydrogen-bond acceptors (Lipinski definition) is 7. The van der Waals surface area contributed by atoms with E-state index in [1.807, 2.05) is 4.90 Å². The van der Waals surface area contributed by atoms with Crippen molar-refractivity contribution in [1.82, 2.24) is 20.2 Å². The summed E-state index contributed by atoms with van der Waals surface area (Å²) in [6, 6.07) is 6.30. The van der Waals surface area contributed by atoms with E-state index in [0.29, 0.717) is 13.1 Å². The van der Waals surface area contributed by atoms with Crippen LogP contribution in [0.15, 0.2) is 36.7 Å². The molecule has 0 saturated carbocycles. The largest absolute Gasteiger partial charge is 0.480 e. The number of rotatable bonds is 15. The molecule has 2 aromatic heterocycles. The third-order valence-electron chi connectivity index (χ3n) is 6.17. The maximum Gasteiger partial charge on any atom is 0.326 e. The molecule has 0 radical (unpaired) electrons. The van der Waals surface area contributed by atoms with Crippen LogP contribution >= 0.6 is 0 Å². The number of alkyl halides is 1. The first-order valence-corrected chi connectivity index (χ1v) is 12.5. The zero-order valence-electron chi connectivity index (χ0n) is 20.8. The summed E-state index contributed by atoms with van der Waals surface area (Å²) in [6.45, 7) is 2.00. The molecule has 0 saturated heterocycles. The number of amides is 1. The summed E-state index contributed by atoms with van der Waals surface area (Å²) in [6.07, 6.45) is 6.57. The lowest BCUT2D eigenvalue weighted by atomic mass is 10.1. The molecule has 36 heavy (non-hydrogen) atoms. The second-order valence-corrected chi connectivity index (χ2v) is 9.05. The number of fused-ring (bicyclic) bond motifs is 1. The number of unbranched alkanes of at least 4 members (excludes halogenated alkanes) is 1. The number of aryl methyl sites for hydroxylation is 2. The molecule has 0 unspecified atom stereocenters. The Labute approximate surface area is 211 Å². The van der Waals surface area contributed by atoms with Gasteiger partial charge in [0.2, 0.25) is 0 Å². The van der Waals surface area contributed by atoms with Gasteiger partial charge in [-0.25, -0.2) is 14.2 Å². The number of anilines is 1. The minimum atomic E-state index is -1.18. The van der Waals surface area contributed by atoms with Crippen LogP contribution in [-0.2, 0) is 22.4 Å². The van der Waals surface area contributed by atoms with Crippen molar-refractivity contribution in [3.8, 4) is 0 Å². The number of nitrogens with zero attached hydrogens (tertiary/aromatic N) is 3. The maximum atomic E-state index is 14.3. The van der Waals surface area contributed by atoms with Crippen LogP contribution in [-0.4, -0.2) is 84.0 Å². The van der Waals surface area contributed by atoms with Crippen LogP contribution in [0.25, 0.3) is 0 Å². The summed E-state index contributed by atoms with van der Waals surface area (Å²) >= 11 is 0.